The molecule has 1 aromatic heterocycles. The molecular weight excluding hydrogens is 352 g/mol. The number of aromatic nitrogens is 3. The Labute approximate surface area is 155 Å². The van der Waals surface area contributed by atoms with Crippen LogP contribution in [0.2, 0.25) is 0 Å². The molecule has 0 spiro atoms. The van der Waals surface area contributed by atoms with Crippen molar-refractivity contribution >= 4 is 27.7 Å². The second-order valence-corrected chi connectivity index (χ2v) is 9.95. The van der Waals surface area contributed by atoms with E-state index in [9.17, 15) is 8.42 Å². The van der Waals surface area contributed by atoms with Gasteiger partial charge in [-0.2, -0.15) is 15.0 Å². The van der Waals surface area contributed by atoms with Gasteiger partial charge in [-0.15, -0.1) is 0 Å². The van der Waals surface area contributed by atoms with Crippen molar-refractivity contribution in [3.63, 3.8) is 0 Å². The highest BCUT2D eigenvalue weighted by Gasteiger charge is 2.28. The summed E-state index contributed by atoms with van der Waals surface area (Å²) >= 11 is 0. The largest absolute Gasteiger partial charge is 0.368 e. The van der Waals surface area contributed by atoms with E-state index in [4.69, 9.17) is 5.73 Å². The van der Waals surface area contributed by atoms with E-state index in [1.807, 2.05) is 0 Å². The van der Waals surface area contributed by atoms with Gasteiger partial charge >= 0.3 is 0 Å². The van der Waals surface area contributed by atoms with Crippen LogP contribution in [0.15, 0.2) is 0 Å². The van der Waals surface area contributed by atoms with Crippen LogP contribution in [0.1, 0.15) is 64.2 Å². The van der Waals surface area contributed by atoms with Gasteiger partial charge in [-0.05, 0) is 38.5 Å². The molecule has 9 heteroatoms. The van der Waals surface area contributed by atoms with E-state index in [0.29, 0.717) is 30.8 Å². The van der Waals surface area contributed by atoms with Gasteiger partial charge in [0.1, 0.15) is 9.84 Å². The summed E-state index contributed by atoms with van der Waals surface area (Å²) in [5.74, 6) is 1.19. The molecule has 1 heterocycles. The molecule has 2 aliphatic carbocycles. The summed E-state index contributed by atoms with van der Waals surface area (Å²) in [6.07, 6.45) is 11.5. The maximum atomic E-state index is 11.7. The van der Waals surface area contributed by atoms with E-state index in [1.54, 1.807) is 0 Å². The van der Waals surface area contributed by atoms with Gasteiger partial charge in [-0.1, -0.05) is 25.7 Å². The molecule has 2 aliphatic rings. The molecule has 0 amide bonds. The Morgan fingerprint density at radius 2 is 1.31 bits per heavy atom. The van der Waals surface area contributed by atoms with Crippen LogP contribution >= 0.6 is 0 Å². The van der Waals surface area contributed by atoms with E-state index < -0.39 is 9.84 Å². The van der Waals surface area contributed by atoms with Gasteiger partial charge in [0.05, 0.1) is 5.25 Å². The van der Waals surface area contributed by atoms with Gasteiger partial charge < -0.3 is 16.4 Å². The van der Waals surface area contributed by atoms with E-state index in [1.165, 1.54) is 31.9 Å². The lowest BCUT2D eigenvalue weighted by Crippen LogP contribution is -2.33. The minimum Gasteiger partial charge on any atom is -0.368 e. The van der Waals surface area contributed by atoms with Crippen LogP contribution in [0.3, 0.4) is 0 Å². The van der Waals surface area contributed by atoms with Gasteiger partial charge in [0.2, 0.25) is 17.8 Å². The van der Waals surface area contributed by atoms with Crippen LogP contribution in [0.4, 0.5) is 17.8 Å². The SMILES string of the molecule is CS(=O)(=O)C1CCC(Nc2nc(N)nc(NC3CCCCCC3)n2)CC1. The topological polar surface area (TPSA) is 123 Å². The number of rotatable bonds is 5. The average molecular weight is 383 g/mol. The smallest absolute Gasteiger partial charge is 0.229 e. The predicted molar refractivity (Wildman–Crippen MR) is 104 cm³/mol. The lowest BCUT2D eigenvalue weighted by atomic mass is 9.95. The lowest BCUT2D eigenvalue weighted by Gasteiger charge is -2.28. The zero-order valence-corrected chi connectivity index (χ0v) is 16.3. The molecule has 3 rings (SSSR count). The van der Waals surface area contributed by atoms with Crippen molar-refractivity contribution in [3.8, 4) is 0 Å². The van der Waals surface area contributed by atoms with E-state index in [-0.39, 0.29) is 17.2 Å². The summed E-state index contributed by atoms with van der Waals surface area (Å²) in [5.41, 5.74) is 5.86. The fraction of sp³-hybridized carbons (Fsp3) is 0.824. The second kappa shape index (κ2) is 8.37. The third-order valence-electron chi connectivity index (χ3n) is 5.45. The predicted octanol–water partition coefficient (Wildman–Crippen LogP) is 2.36. The Morgan fingerprint density at radius 3 is 1.81 bits per heavy atom. The quantitative estimate of drug-likeness (QED) is 0.663. The monoisotopic (exact) mass is 382 g/mol. The standard InChI is InChI=1S/C17H30N6O2S/c1-26(24,25)14-10-8-13(9-11-14)20-17-22-15(18)21-16(23-17)19-12-6-4-2-3-5-7-12/h12-14H,2-11H2,1H3,(H4,18,19,20,21,22,23). The number of sulfone groups is 1. The summed E-state index contributed by atoms with van der Waals surface area (Å²) in [5, 5.41) is 6.49. The van der Waals surface area contributed by atoms with Crippen molar-refractivity contribution in [2.75, 3.05) is 22.6 Å². The fourth-order valence-corrected chi connectivity index (χ4v) is 5.07. The summed E-state index contributed by atoms with van der Waals surface area (Å²) in [6.45, 7) is 0. The maximum absolute atomic E-state index is 11.7. The van der Waals surface area contributed by atoms with E-state index in [2.05, 4.69) is 25.6 Å². The van der Waals surface area contributed by atoms with Crippen molar-refractivity contribution in [1.29, 1.82) is 0 Å². The fourth-order valence-electron chi connectivity index (χ4n) is 3.95. The molecule has 2 saturated carbocycles. The zero-order chi connectivity index (χ0) is 18.6. The number of nitrogens with two attached hydrogens (primary N) is 1. The summed E-state index contributed by atoms with van der Waals surface area (Å²) in [4.78, 5) is 12.9. The molecule has 4 N–H and O–H groups in total. The van der Waals surface area contributed by atoms with Crippen molar-refractivity contribution < 1.29 is 8.42 Å². The zero-order valence-electron chi connectivity index (χ0n) is 15.4. The maximum Gasteiger partial charge on any atom is 0.229 e. The molecule has 0 bridgehead atoms. The van der Waals surface area contributed by atoms with Gasteiger partial charge in [0.25, 0.3) is 0 Å². The Morgan fingerprint density at radius 1 is 0.808 bits per heavy atom. The van der Waals surface area contributed by atoms with Crippen LogP contribution in [0.5, 0.6) is 0 Å². The molecule has 146 valence electrons. The first-order valence-electron chi connectivity index (χ1n) is 9.63. The van der Waals surface area contributed by atoms with E-state index in [0.717, 1.165) is 25.7 Å². The highest BCUT2D eigenvalue weighted by Crippen LogP contribution is 2.26. The van der Waals surface area contributed by atoms with Crippen LogP contribution in [-0.2, 0) is 9.84 Å². The molecule has 0 saturated heterocycles. The van der Waals surface area contributed by atoms with Crippen molar-refractivity contribution in [2.24, 2.45) is 0 Å². The number of hydrogen-bond acceptors (Lipinski definition) is 8. The molecule has 0 aromatic carbocycles. The number of nitrogens with one attached hydrogen (secondary N) is 2. The van der Waals surface area contributed by atoms with Crippen LogP contribution < -0.4 is 16.4 Å². The molecule has 0 unspecified atom stereocenters. The minimum absolute atomic E-state index is 0.167. The number of anilines is 3. The number of hydrogen-bond donors (Lipinski definition) is 3. The highest BCUT2D eigenvalue weighted by atomic mass is 32.2. The second-order valence-electron chi connectivity index (χ2n) is 7.62. The highest BCUT2D eigenvalue weighted by molar-refractivity contribution is 7.91. The minimum atomic E-state index is -2.95. The molecule has 0 atom stereocenters. The normalized spacial score (nSPS) is 25.4. The first-order valence-corrected chi connectivity index (χ1v) is 11.6. The van der Waals surface area contributed by atoms with Crippen molar-refractivity contribution in [3.05, 3.63) is 0 Å². The molecular formula is C17H30N6O2S. The summed E-state index contributed by atoms with van der Waals surface area (Å²) in [6, 6.07) is 0.554. The van der Waals surface area contributed by atoms with Crippen LogP contribution in [0.25, 0.3) is 0 Å². The lowest BCUT2D eigenvalue weighted by molar-refractivity contribution is 0.452. The number of nitrogens with zero attached hydrogens (tertiary/aromatic N) is 3. The third kappa shape index (κ3) is 5.43. The number of nitrogen functional groups attached to an aromatic ring is 1. The van der Waals surface area contributed by atoms with Gasteiger partial charge in [-0.25, -0.2) is 8.42 Å². The van der Waals surface area contributed by atoms with Crippen LogP contribution in [0, 0.1) is 0 Å². The molecule has 26 heavy (non-hydrogen) atoms. The summed E-state index contributed by atoms with van der Waals surface area (Å²) < 4.78 is 23.4. The summed E-state index contributed by atoms with van der Waals surface area (Å²) in [7, 11) is -2.95. The van der Waals surface area contributed by atoms with E-state index >= 15 is 0 Å². The Bertz CT molecular complexity index is 695. The van der Waals surface area contributed by atoms with Crippen LogP contribution in [-0.4, -0.2) is 47.0 Å². The van der Waals surface area contributed by atoms with Crippen molar-refractivity contribution in [2.45, 2.75) is 81.5 Å². The molecule has 0 aliphatic heterocycles. The Hall–Kier alpha value is -1.64. The van der Waals surface area contributed by atoms with Gasteiger partial charge in [-0.3, -0.25) is 0 Å². The average Bonchev–Trinajstić information content (AvgIpc) is 2.82. The Balaban J connectivity index is 1.59. The van der Waals surface area contributed by atoms with Crippen molar-refractivity contribution in [1.82, 2.24) is 15.0 Å². The van der Waals surface area contributed by atoms with Gasteiger partial charge in [0, 0.05) is 18.3 Å². The van der Waals surface area contributed by atoms with Gasteiger partial charge in [0.15, 0.2) is 0 Å². The molecule has 8 nitrogen and oxygen atoms in total. The third-order valence-corrected chi connectivity index (χ3v) is 7.14. The first kappa shape index (κ1) is 19.1. The Kier molecular flexibility index (Phi) is 6.16. The molecule has 1 aromatic rings. The first-order chi connectivity index (χ1) is 12.4. The molecule has 0 radical (unpaired) electrons. The molecule has 2 fully saturated rings.